The van der Waals surface area contributed by atoms with E-state index in [0.29, 0.717) is 5.56 Å². The first-order valence-electron chi connectivity index (χ1n) is 8.54. The lowest BCUT2D eigenvalue weighted by atomic mass is 10.1. The van der Waals surface area contributed by atoms with Gasteiger partial charge in [0.25, 0.3) is 5.91 Å². The van der Waals surface area contributed by atoms with E-state index in [0.717, 1.165) is 36.3 Å². The van der Waals surface area contributed by atoms with Crippen molar-refractivity contribution in [3.05, 3.63) is 65.7 Å². The summed E-state index contributed by atoms with van der Waals surface area (Å²) in [6, 6.07) is 9.72. The van der Waals surface area contributed by atoms with Crippen molar-refractivity contribution < 1.29 is 4.79 Å². The van der Waals surface area contributed by atoms with E-state index < -0.39 is 0 Å². The van der Waals surface area contributed by atoms with E-state index in [1.165, 1.54) is 0 Å². The lowest BCUT2D eigenvalue weighted by molar-refractivity contribution is 0.0735. The highest BCUT2D eigenvalue weighted by Crippen LogP contribution is 2.33. The molecule has 0 radical (unpaired) electrons. The molecule has 128 valence electrons. The Bertz CT molecular complexity index is 910. The number of carbonyl (C=O) groups is 1. The summed E-state index contributed by atoms with van der Waals surface area (Å²) in [6.07, 6.45) is 7.77. The molecule has 2 aromatic heterocycles. The maximum atomic E-state index is 13.1. The largest absolute Gasteiger partial charge is 0.331 e. The Balaban J connectivity index is 1.62. The summed E-state index contributed by atoms with van der Waals surface area (Å²) in [5.74, 6) is 0.0667. The highest BCUT2D eigenvalue weighted by molar-refractivity contribution is 5.95. The number of benzene rings is 1. The van der Waals surface area contributed by atoms with E-state index >= 15 is 0 Å². The van der Waals surface area contributed by atoms with Gasteiger partial charge in [-0.05, 0) is 44.0 Å². The molecule has 3 aromatic rings. The van der Waals surface area contributed by atoms with Crippen LogP contribution >= 0.6 is 0 Å². The first-order valence-corrected chi connectivity index (χ1v) is 8.54. The van der Waals surface area contributed by atoms with Gasteiger partial charge in [0.15, 0.2) is 0 Å². The molecule has 0 N–H and O–H groups in total. The van der Waals surface area contributed by atoms with Gasteiger partial charge in [0, 0.05) is 37.1 Å². The van der Waals surface area contributed by atoms with Crippen LogP contribution in [0.1, 0.15) is 40.5 Å². The second-order valence-corrected chi connectivity index (χ2v) is 6.56. The van der Waals surface area contributed by atoms with Crippen molar-refractivity contribution in [3.63, 3.8) is 0 Å². The molecule has 0 bridgehead atoms. The van der Waals surface area contributed by atoms with Crippen molar-refractivity contribution in [1.29, 1.82) is 0 Å². The molecule has 1 unspecified atom stereocenters. The highest BCUT2D eigenvalue weighted by Gasteiger charge is 2.31. The quantitative estimate of drug-likeness (QED) is 0.739. The average Bonchev–Trinajstić information content (AvgIpc) is 3.34. The summed E-state index contributed by atoms with van der Waals surface area (Å²) in [6.45, 7) is 2.73. The first kappa shape index (κ1) is 15.6. The van der Waals surface area contributed by atoms with Crippen LogP contribution in [0.25, 0.3) is 5.69 Å². The van der Waals surface area contributed by atoms with Crippen LogP contribution in [0.5, 0.6) is 0 Å². The van der Waals surface area contributed by atoms with Gasteiger partial charge in [0.05, 0.1) is 23.6 Å². The molecular formula is C19H21N5O. The second-order valence-electron chi connectivity index (χ2n) is 6.56. The van der Waals surface area contributed by atoms with E-state index in [1.807, 2.05) is 67.8 Å². The summed E-state index contributed by atoms with van der Waals surface area (Å²) in [5, 5.41) is 8.68. The summed E-state index contributed by atoms with van der Waals surface area (Å²) in [7, 11) is 1.90. The smallest absolute Gasteiger partial charge is 0.254 e. The number of aryl methyl sites for hydroxylation is 2. The number of amides is 1. The zero-order valence-electron chi connectivity index (χ0n) is 14.5. The number of hydrogen-bond acceptors (Lipinski definition) is 3. The average molecular weight is 335 g/mol. The maximum absolute atomic E-state index is 13.1. The topological polar surface area (TPSA) is 56.0 Å². The van der Waals surface area contributed by atoms with Crippen LogP contribution in [-0.2, 0) is 7.05 Å². The molecule has 1 fully saturated rings. The van der Waals surface area contributed by atoms with Crippen LogP contribution in [0.2, 0.25) is 0 Å². The third kappa shape index (κ3) is 2.95. The molecule has 0 saturated carbocycles. The van der Waals surface area contributed by atoms with E-state index in [-0.39, 0.29) is 11.9 Å². The number of nitrogens with zero attached hydrogens (tertiary/aromatic N) is 5. The molecule has 25 heavy (non-hydrogen) atoms. The van der Waals surface area contributed by atoms with Gasteiger partial charge in [0.1, 0.15) is 0 Å². The molecule has 0 spiro atoms. The molecule has 6 nitrogen and oxygen atoms in total. The van der Waals surface area contributed by atoms with Crippen molar-refractivity contribution in [2.24, 2.45) is 7.05 Å². The summed E-state index contributed by atoms with van der Waals surface area (Å²) in [5.41, 5.74) is 3.65. The molecular weight excluding hydrogens is 314 g/mol. The normalized spacial score (nSPS) is 17.2. The van der Waals surface area contributed by atoms with Crippen LogP contribution in [-0.4, -0.2) is 36.9 Å². The lowest BCUT2D eigenvalue weighted by Crippen LogP contribution is -2.30. The molecule has 4 rings (SSSR count). The summed E-state index contributed by atoms with van der Waals surface area (Å²) in [4.78, 5) is 15.1. The standard InChI is InChI=1S/C19H21N5O/c1-14-8-10-24(21-14)17-6-3-5-15(11-17)19(25)23-9-4-7-18(23)16-12-20-22(2)13-16/h3,5-6,8,10-13,18H,4,7,9H2,1-2H3. The Kier molecular flexibility index (Phi) is 3.87. The maximum Gasteiger partial charge on any atom is 0.254 e. The van der Waals surface area contributed by atoms with Gasteiger partial charge in [-0.25, -0.2) is 4.68 Å². The Morgan fingerprint density at radius 3 is 2.88 bits per heavy atom. The van der Waals surface area contributed by atoms with Gasteiger partial charge in [-0.2, -0.15) is 10.2 Å². The van der Waals surface area contributed by atoms with Crippen LogP contribution in [0.15, 0.2) is 48.9 Å². The van der Waals surface area contributed by atoms with E-state index in [4.69, 9.17) is 0 Å². The fourth-order valence-corrected chi connectivity index (χ4v) is 3.47. The lowest BCUT2D eigenvalue weighted by Gasteiger charge is -2.24. The van der Waals surface area contributed by atoms with Gasteiger partial charge < -0.3 is 4.90 Å². The van der Waals surface area contributed by atoms with Gasteiger partial charge in [0.2, 0.25) is 0 Å². The molecule has 1 saturated heterocycles. The predicted molar refractivity (Wildman–Crippen MR) is 94.5 cm³/mol. The van der Waals surface area contributed by atoms with Crippen LogP contribution in [0.4, 0.5) is 0 Å². The van der Waals surface area contributed by atoms with E-state index in [1.54, 1.807) is 9.36 Å². The minimum absolute atomic E-state index is 0.0667. The molecule has 1 atom stereocenters. The Labute approximate surface area is 146 Å². The monoisotopic (exact) mass is 335 g/mol. The molecule has 1 aromatic carbocycles. The molecule has 6 heteroatoms. The van der Waals surface area contributed by atoms with Gasteiger partial charge >= 0.3 is 0 Å². The Morgan fingerprint density at radius 2 is 2.16 bits per heavy atom. The van der Waals surface area contributed by atoms with Crippen molar-refractivity contribution in [1.82, 2.24) is 24.5 Å². The van der Waals surface area contributed by atoms with E-state index in [2.05, 4.69) is 10.2 Å². The van der Waals surface area contributed by atoms with Crippen molar-refractivity contribution in [3.8, 4) is 5.69 Å². The number of likely N-dealkylation sites (tertiary alicyclic amines) is 1. The molecule has 1 amide bonds. The fraction of sp³-hybridized carbons (Fsp3) is 0.316. The van der Waals surface area contributed by atoms with Gasteiger partial charge in [-0.15, -0.1) is 0 Å². The number of carbonyl (C=O) groups excluding carboxylic acids is 1. The number of rotatable bonds is 3. The first-order chi connectivity index (χ1) is 12.1. The predicted octanol–water partition coefficient (Wildman–Crippen LogP) is 2.89. The third-order valence-electron chi connectivity index (χ3n) is 4.70. The minimum atomic E-state index is 0.0667. The molecule has 0 aliphatic carbocycles. The highest BCUT2D eigenvalue weighted by atomic mass is 16.2. The van der Waals surface area contributed by atoms with Crippen molar-refractivity contribution in [2.75, 3.05) is 6.54 Å². The van der Waals surface area contributed by atoms with Crippen molar-refractivity contribution in [2.45, 2.75) is 25.8 Å². The SMILES string of the molecule is Cc1ccn(-c2cccc(C(=O)N3CCCC3c3cnn(C)c3)c2)n1. The Morgan fingerprint density at radius 1 is 1.28 bits per heavy atom. The van der Waals surface area contributed by atoms with Crippen LogP contribution in [0.3, 0.4) is 0 Å². The van der Waals surface area contributed by atoms with Crippen LogP contribution in [0, 0.1) is 6.92 Å². The van der Waals surface area contributed by atoms with Crippen molar-refractivity contribution >= 4 is 5.91 Å². The Hall–Kier alpha value is -2.89. The molecule has 1 aliphatic heterocycles. The van der Waals surface area contributed by atoms with Crippen LogP contribution < -0.4 is 0 Å². The minimum Gasteiger partial charge on any atom is -0.331 e. The fourth-order valence-electron chi connectivity index (χ4n) is 3.47. The van der Waals surface area contributed by atoms with Gasteiger partial charge in [-0.1, -0.05) is 6.07 Å². The zero-order chi connectivity index (χ0) is 17.4. The number of aromatic nitrogens is 4. The second kappa shape index (κ2) is 6.20. The third-order valence-corrected chi connectivity index (χ3v) is 4.70. The van der Waals surface area contributed by atoms with E-state index in [9.17, 15) is 4.79 Å². The summed E-state index contributed by atoms with van der Waals surface area (Å²) < 4.78 is 3.59. The zero-order valence-corrected chi connectivity index (χ0v) is 14.5. The molecule has 1 aliphatic rings. The number of hydrogen-bond donors (Lipinski definition) is 0. The summed E-state index contributed by atoms with van der Waals surface area (Å²) >= 11 is 0. The molecule has 3 heterocycles. The van der Waals surface area contributed by atoms with Gasteiger partial charge in [-0.3, -0.25) is 9.48 Å².